The van der Waals surface area contributed by atoms with Crippen LogP contribution in [0.15, 0.2) is 51.7 Å². The van der Waals surface area contributed by atoms with E-state index in [4.69, 9.17) is 20.8 Å². The normalized spacial score (nSPS) is 13.8. The predicted molar refractivity (Wildman–Crippen MR) is 95.2 cm³/mol. The van der Waals surface area contributed by atoms with E-state index in [0.29, 0.717) is 28.4 Å². The maximum atomic E-state index is 12.4. The molecule has 1 aromatic heterocycles. The molecule has 2 heterocycles. The molecule has 0 spiro atoms. The Bertz CT molecular complexity index is 980. The van der Waals surface area contributed by atoms with Crippen LogP contribution in [0, 0.1) is 0 Å². The van der Waals surface area contributed by atoms with Crippen molar-refractivity contribution >= 4 is 28.5 Å². The molecule has 0 radical (unpaired) electrons. The zero-order valence-corrected chi connectivity index (χ0v) is 14.0. The highest BCUT2D eigenvalue weighted by atomic mass is 35.5. The molecule has 24 heavy (non-hydrogen) atoms. The lowest BCUT2D eigenvalue weighted by Gasteiger charge is -2.29. The molecule has 2 aromatic carbocycles. The van der Waals surface area contributed by atoms with Gasteiger partial charge in [-0.1, -0.05) is 23.7 Å². The number of benzene rings is 2. The number of methoxy groups -OCH3 is 1. The third kappa shape index (κ3) is 2.53. The molecule has 4 nitrogen and oxygen atoms in total. The van der Waals surface area contributed by atoms with Crippen LogP contribution >= 0.6 is 11.6 Å². The molecule has 3 aromatic rings. The van der Waals surface area contributed by atoms with Crippen LogP contribution in [-0.2, 0) is 13.0 Å². The van der Waals surface area contributed by atoms with E-state index < -0.39 is 0 Å². The van der Waals surface area contributed by atoms with E-state index in [-0.39, 0.29) is 5.43 Å². The first-order chi connectivity index (χ1) is 11.7. The molecule has 4 rings (SSSR count). The summed E-state index contributed by atoms with van der Waals surface area (Å²) in [5.41, 5.74) is 2.85. The van der Waals surface area contributed by atoms with Gasteiger partial charge >= 0.3 is 0 Å². The second-order valence-electron chi connectivity index (χ2n) is 5.87. The number of hydrogen-bond donors (Lipinski definition) is 0. The fourth-order valence-electron chi connectivity index (χ4n) is 3.13. The molecule has 0 N–H and O–H groups in total. The quantitative estimate of drug-likeness (QED) is 0.706. The fraction of sp³-hybridized carbons (Fsp3) is 0.211. The van der Waals surface area contributed by atoms with Crippen molar-refractivity contribution in [3.8, 4) is 5.75 Å². The van der Waals surface area contributed by atoms with E-state index >= 15 is 0 Å². The Balaban J connectivity index is 1.73. The lowest BCUT2D eigenvalue weighted by molar-refractivity contribution is 0.413. The van der Waals surface area contributed by atoms with Gasteiger partial charge in [-0.05, 0) is 41.8 Å². The topological polar surface area (TPSA) is 42.7 Å². The van der Waals surface area contributed by atoms with Crippen molar-refractivity contribution in [1.29, 1.82) is 0 Å². The summed E-state index contributed by atoms with van der Waals surface area (Å²) in [6.45, 7) is 1.47. The maximum Gasteiger partial charge on any atom is 0.200 e. The molecule has 0 saturated heterocycles. The molecular weight excluding hydrogens is 326 g/mol. The van der Waals surface area contributed by atoms with Crippen molar-refractivity contribution in [3.05, 3.63) is 68.8 Å². The Hall–Kier alpha value is -2.46. The number of anilines is 1. The molecule has 0 fully saturated rings. The summed E-state index contributed by atoms with van der Waals surface area (Å²) in [4.78, 5) is 14.4. The first-order valence-electron chi connectivity index (χ1n) is 7.79. The van der Waals surface area contributed by atoms with Crippen molar-refractivity contribution in [2.75, 3.05) is 18.6 Å². The molecule has 0 atom stereocenters. The van der Waals surface area contributed by atoms with Crippen molar-refractivity contribution in [1.82, 2.24) is 0 Å². The van der Waals surface area contributed by atoms with Crippen molar-refractivity contribution < 1.29 is 9.15 Å². The second kappa shape index (κ2) is 5.87. The SMILES string of the molecule is COc1ccc2c(c1)CCN(c1cc(=O)c3cccc(Cl)c3o1)C2. The van der Waals surface area contributed by atoms with Gasteiger partial charge in [-0.2, -0.15) is 0 Å². The summed E-state index contributed by atoms with van der Waals surface area (Å²) < 4.78 is 11.2. The third-order valence-corrected chi connectivity index (χ3v) is 4.73. The Labute approximate surface area is 144 Å². The predicted octanol–water partition coefficient (Wildman–Crippen LogP) is 4.02. The molecule has 0 amide bonds. The average Bonchev–Trinajstić information content (AvgIpc) is 2.61. The van der Waals surface area contributed by atoms with Gasteiger partial charge in [-0.25, -0.2) is 0 Å². The number of rotatable bonds is 2. The van der Waals surface area contributed by atoms with Crippen LogP contribution in [-0.4, -0.2) is 13.7 Å². The van der Waals surface area contributed by atoms with E-state index in [9.17, 15) is 4.79 Å². The van der Waals surface area contributed by atoms with Crippen LogP contribution in [0.25, 0.3) is 11.0 Å². The summed E-state index contributed by atoms with van der Waals surface area (Å²) in [5.74, 6) is 1.42. The van der Waals surface area contributed by atoms with Gasteiger partial charge in [0.1, 0.15) is 5.75 Å². The molecule has 0 aliphatic carbocycles. The van der Waals surface area contributed by atoms with E-state index in [0.717, 1.165) is 18.7 Å². The molecular formula is C19H16ClNO3. The maximum absolute atomic E-state index is 12.4. The first-order valence-corrected chi connectivity index (χ1v) is 8.16. The van der Waals surface area contributed by atoms with Crippen LogP contribution in [0.2, 0.25) is 5.02 Å². The lowest BCUT2D eigenvalue weighted by atomic mass is 9.99. The monoisotopic (exact) mass is 341 g/mol. The Morgan fingerprint density at radius 3 is 2.88 bits per heavy atom. The summed E-state index contributed by atoms with van der Waals surface area (Å²) in [6, 6.07) is 12.9. The molecule has 5 heteroatoms. The van der Waals surface area contributed by atoms with Gasteiger partial charge in [0.15, 0.2) is 16.9 Å². The molecule has 0 saturated carbocycles. The molecule has 122 valence electrons. The fourth-order valence-corrected chi connectivity index (χ4v) is 3.34. The number of para-hydroxylation sites is 1. The second-order valence-corrected chi connectivity index (χ2v) is 6.28. The van der Waals surface area contributed by atoms with E-state index in [2.05, 4.69) is 17.0 Å². The van der Waals surface area contributed by atoms with Crippen molar-refractivity contribution in [2.24, 2.45) is 0 Å². The minimum atomic E-state index is -0.0747. The minimum Gasteiger partial charge on any atom is -0.497 e. The highest BCUT2D eigenvalue weighted by Gasteiger charge is 2.20. The third-order valence-electron chi connectivity index (χ3n) is 4.43. The van der Waals surface area contributed by atoms with E-state index in [1.807, 2.05) is 6.07 Å². The van der Waals surface area contributed by atoms with Crippen molar-refractivity contribution in [3.63, 3.8) is 0 Å². The number of fused-ring (bicyclic) bond motifs is 2. The summed E-state index contributed by atoms with van der Waals surface area (Å²) in [5, 5.41) is 0.960. The number of nitrogens with zero attached hydrogens (tertiary/aromatic N) is 1. The summed E-state index contributed by atoms with van der Waals surface area (Å²) in [6.07, 6.45) is 0.872. The summed E-state index contributed by atoms with van der Waals surface area (Å²) >= 11 is 6.19. The summed E-state index contributed by atoms with van der Waals surface area (Å²) in [7, 11) is 1.67. The highest BCUT2D eigenvalue weighted by molar-refractivity contribution is 6.34. The van der Waals surface area contributed by atoms with Gasteiger partial charge in [-0.15, -0.1) is 0 Å². The van der Waals surface area contributed by atoms with Gasteiger partial charge in [0.2, 0.25) is 0 Å². The smallest absolute Gasteiger partial charge is 0.200 e. The minimum absolute atomic E-state index is 0.0747. The van der Waals surface area contributed by atoms with Crippen LogP contribution in [0.1, 0.15) is 11.1 Å². The lowest BCUT2D eigenvalue weighted by Crippen LogP contribution is -2.30. The highest BCUT2D eigenvalue weighted by Crippen LogP contribution is 2.30. The van der Waals surface area contributed by atoms with Gasteiger partial charge in [0.25, 0.3) is 0 Å². The molecule has 0 unspecified atom stereocenters. The van der Waals surface area contributed by atoms with Crippen LogP contribution in [0.3, 0.4) is 0 Å². The zero-order chi connectivity index (χ0) is 16.7. The average molecular weight is 342 g/mol. The number of hydrogen-bond acceptors (Lipinski definition) is 4. The number of ether oxygens (including phenoxy) is 1. The van der Waals surface area contributed by atoms with Crippen LogP contribution in [0.4, 0.5) is 5.88 Å². The van der Waals surface area contributed by atoms with Gasteiger partial charge in [-0.3, -0.25) is 4.79 Å². The zero-order valence-electron chi connectivity index (χ0n) is 13.2. The van der Waals surface area contributed by atoms with Crippen LogP contribution < -0.4 is 15.1 Å². The first kappa shape index (κ1) is 15.1. The largest absolute Gasteiger partial charge is 0.497 e. The molecule has 1 aliphatic heterocycles. The Morgan fingerprint density at radius 2 is 2.04 bits per heavy atom. The standard InChI is InChI=1S/C19H16ClNO3/c1-23-14-6-5-13-11-21(8-7-12(13)9-14)18-10-17(22)15-3-2-4-16(20)19(15)24-18/h2-6,9-10H,7-8,11H2,1H3. The molecule has 0 bridgehead atoms. The van der Waals surface area contributed by atoms with Crippen LogP contribution in [0.5, 0.6) is 5.75 Å². The Kier molecular flexibility index (Phi) is 3.69. The van der Waals surface area contributed by atoms with Gasteiger partial charge in [0.05, 0.1) is 17.5 Å². The van der Waals surface area contributed by atoms with E-state index in [1.165, 1.54) is 11.1 Å². The van der Waals surface area contributed by atoms with E-state index in [1.54, 1.807) is 31.4 Å². The molecule has 1 aliphatic rings. The number of halogens is 1. The van der Waals surface area contributed by atoms with Crippen molar-refractivity contribution in [2.45, 2.75) is 13.0 Å². The van der Waals surface area contributed by atoms with Gasteiger partial charge < -0.3 is 14.1 Å². The Morgan fingerprint density at radius 1 is 1.17 bits per heavy atom. The van der Waals surface area contributed by atoms with Gasteiger partial charge in [0, 0.05) is 19.2 Å².